The first-order chi connectivity index (χ1) is 12.9. The molecule has 0 unspecified atom stereocenters. The fourth-order valence-corrected chi connectivity index (χ4v) is 3.59. The Morgan fingerprint density at radius 1 is 1.33 bits per heavy atom. The molecule has 0 aliphatic rings. The van der Waals surface area contributed by atoms with Crippen molar-refractivity contribution >= 4 is 28.6 Å². The Bertz CT molecular complexity index is 1040. The number of aromatic nitrogens is 3. The maximum absolute atomic E-state index is 13.0. The molecule has 0 atom stereocenters. The summed E-state index contributed by atoms with van der Waals surface area (Å²) >= 11 is 1.41. The molecule has 0 fully saturated rings. The van der Waals surface area contributed by atoms with Crippen molar-refractivity contribution in [3.8, 4) is 0 Å². The fourth-order valence-electron chi connectivity index (χ4n) is 2.70. The second-order valence-corrected chi connectivity index (χ2v) is 7.59. The molecule has 0 N–H and O–H groups in total. The minimum Gasteiger partial charge on any atom is -0.465 e. The van der Waals surface area contributed by atoms with E-state index in [1.165, 1.54) is 18.9 Å². The quantitative estimate of drug-likeness (QED) is 0.364. The van der Waals surface area contributed by atoms with Gasteiger partial charge in [-0.1, -0.05) is 30.8 Å². The van der Waals surface area contributed by atoms with Gasteiger partial charge in [-0.3, -0.25) is 9.36 Å². The summed E-state index contributed by atoms with van der Waals surface area (Å²) in [5.41, 5.74) is 1.51. The Morgan fingerprint density at radius 2 is 2.11 bits per heavy atom. The first-order valence-corrected chi connectivity index (χ1v) is 9.55. The van der Waals surface area contributed by atoms with E-state index >= 15 is 0 Å². The summed E-state index contributed by atoms with van der Waals surface area (Å²) in [6.45, 7) is 6.50. The Morgan fingerprint density at radius 3 is 2.74 bits per heavy atom. The number of methoxy groups -OCH3 is 1. The molecular formula is C19H21N3O4S. The molecule has 1 aromatic carbocycles. The lowest BCUT2D eigenvalue weighted by molar-refractivity contribution is 0.0601. The molecule has 27 heavy (non-hydrogen) atoms. The van der Waals surface area contributed by atoms with Gasteiger partial charge in [-0.25, -0.2) is 9.78 Å². The van der Waals surface area contributed by atoms with Crippen molar-refractivity contribution < 1.29 is 14.1 Å². The average Bonchev–Trinajstić information content (AvgIpc) is 3.06. The summed E-state index contributed by atoms with van der Waals surface area (Å²) in [5, 5.41) is 4.93. The van der Waals surface area contributed by atoms with E-state index in [2.05, 4.69) is 10.1 Å². The van der Waals surface area contributed by atoms with E-state index < -0.39 is 5.97 Å². The van der Waals surface area contributed by atoms with Gasteiger partial charge in [0.15, 0.2) is 5.16 Å². The van der Waals surface area contributed by atoms with Crippen molar-refractivity contribution in [2.24, 2.45) is 5.92 Å². The SMILES string of the molecule is COC(=O)c1ccc2c(=O)n(CC(C)C)c(SCc3cc(C)no3)nc2c1. The fraction of sp³-hybridized carbons (Fsp3) is 0.368. The zero-order valence-corrected chi connectivity index (χ0v) is 16.5. The van der Waals surface area contributed by atoms with E-state index in [1.54, 1.807) is 22.8 Å². The van der Waals surface area contributed by atoms with E-state index in [-0.39, 0.29) is 11.5 Å². The third kappa shape index (κ3) is 4.21. The summed E-state index contributed by atoms with van der Waals surface area (Å²) < 4.78 is 11.7. The lowest BCUT2D eigenvalue weighted by atomic mass is 10.1. The van der Waals surface area contributed by atoms with E-state index in [0.29, 0.717) is 39.7 Å². The smallest absolute Gasteiger partial charge is 0.337 e. The zero-order chi connectivity index (χ0) is 19.6. The molecule has 142 valence electrons. The largest absolute Gasteiger partial charge is 0.465 e. The Labute approximate surface area is 160 Å². The van der Waals surface area contributed by atoms with Gasteiger partial charge in [0.25, 0.3) is 5.56 Å². The van der Waals surface area contributed by atoms with Crippen LogP contribution in [0.2, 0.25) is 0 Å². The third-order valence-corrected chi connectivity index (χ3v) is 4.91. The van der Waals surface area contributed by atoms with Crippen LogP contribution in [0.4, 0.5) is 0 Å². The van der Waals surface area contributed by atoms with E-state index in [4.69, 9.17) is 9.26 Å². The van der Waals surface area contributed by atoms with Gasteiger partial charge in [0.05, 0.1) is 35.0 Å². The van der Waals surface area contributed by atoms with Gasteiger partial charge in [-0.05, 0) is 31.0 Å². The van der Waals surface area contributed by atoms with Gasteiger partial charge < -0.3 is 9.26 Å². The molecular weight excluding hydrogens is 366 g/mol. The predicted molar refractivity (Wildman–Crippen MR) is 103 cm³/mol. The topological polar surface area (TPSA) is 87.2 Å². The van der Waals surface area contributed by atoms with Crippen molar-refractivity contribution in [1.82, 2.24) is 14.7 Å². The molecule has 0 spiro atoms. The van der Waals surface area contributed by atoms with Crippen molar-refractivity contribution in [3.63, 3.8) is 0 Å². The molecule has 3 rings (SSSR count). The highest BCUT2D eigenvalue weighted by atomic mass is 32.2. The number of nitrogens with zero attached hydrogens (tertiary/aromatic N) is 3. The first-order valence-electron chi connectivity index (χ1n) is 8.57. The molecule has 0 aliphatic heterocycles. The molecule has 0 radical (unpaired) electrons. The summed E-state index contributed by atoms with van der Waals surface area (Å²) in [6.07, 6.45) is 0. The first kappa shape index (κ1) is 19.2. The standard InChI is InChI=1S/C19H21N3O4S/c1-11(2)9-22-17(23)15-6-5-13(18(24)25-4)8-16(15)20-19(22)27-10-14-7-12(3)21-26-14/h5-8,11H,9-10H2,1-4H3. The van der Waals surface area contributed by atoms with Crippen LogP contribution in [0, 0.1) is 12.8 Å². The van der Waals surface area contributed by atoms with Crippen LogP contribution in [0.1, 0.15) is 35.7 Å². The number of ether oxygens (including phenoxy) is 1. The zero-order valence-electron chi connectivity index (χ0n) is 15.7. The van der Waals surface area contributed by atoms with Crippen LogP contribution in [-0.2, 0) is 17.0 Å². The second kappa shape index (κ2) is 7.96. The summed E-state index contributed by atoms with van der Waals surface area (Å²) in [4.78, 5) is 29.4. The number of rotatable bonds is 6. The maximum atomic E-state index is 13.0. The van der Waals surface area contributed by atoms with Gasteiger partial charge in [0.1, 0.15) is 5.76 Å². The van der Waals surface area contributed by atoms with Crippen molar-refractivity contribution in [1.29, 1.82) is 0 Å². The molecule has 2 heterocycles. The molecule has 8 heteroatoms. The van der Waals surface area contributed by atoms with E-state index in [1.807, 2.05) is 26.8 Å². The molecule has 0 saturated heterocycles. The molecule has 7 nitrogen and oxygen atoms in total. The van der Waals surface area contributed by atoms with Gasteiger partial charge in [0, 0.05) is 12.6 Å². The highest BCUT2D eigenvalue weighted by molar-refractivity contribution is 7.98. The lowest BCUT2D eigenvalue weighted by Gasteiger charge is -2.14. The van der Waals surface area contributed by atoms with Gasteiger partial charge >= 0.3 is 5.97 Å². The predicted octanol–water partition coefficient (Wildman–Crippen LogP) is 3.43. The number of benzene rings is 1. The number of esters is 1. The highest BCUT2D eigenvalue weighted by Gasteiger charge is 2.16. The number of fused-ring (bicyclic) bond motifs is 1. The Balaban J connectivity index is 2.06. The van der Waals surface area contributed by atoms with Crippen LogP contribution in [-0.4, -0.2) is 27.8 Å². The van der Waals surface area contributed by atoms with E-state index in [9.17, 15) is 9.59 Å². The number of hydrogen-bond donors (Lipinski definition) is 0. The summed E-state index contributed by atoms with van der Waals surface area (Å²) in [6, 6.07) is 6.66. The van der Waals surface area contributed by atoms with Crippen LogP contribution >= 0.6 is 11.8 Å². The van der Waals surface area contributed by atoms with Crippen molar-refractivity contribution in [2.75, 3.05) is 7.11 Å². The Kier molecular flexibility index (Phi) is 5.65. The second-order valence-electron chi connectivity index (χ2n) is 6.65. The third-order valence-electron chi connectivity index (χ3n) is 3.91. The average molecular weight is 387 g/mol. The summed E-state index contributed by atoms with van der Waals surface area (Å²) in [5.74, 6) is 1.04. The molecule has 0 bridgehead atoms. The van der Waals surface area contributed by atoms with Gasteiger partial charge in [-0.2, -0.15) is 0 Å². The molecule has 0 saturated carbocycles. The van der Waals surface area contributed by atoms with Crippen molar-refractivity contribution in [3.05, 3.63) is 51.6 Å². The number of carbonyl (C=O) groups is 1. The van der Waals surface area contributed by atoms with Crippen LogP contribution in [0.15, 0.2) is 38.7 Å². The normalized spacial score (nSPS) is 11.3. The minimum atomic E-state index is -0.462. The van der Waals surface area contributed by atoms with E-state index in [0.717, 1.165) is 5.69 Å². The maximum Gasteiger partial charge on any atom is 0.337 e. The highest BCUT2D eigenvalue weighted by Crippen LogP contribution is 2.24. The molecule has 0 amide bonds. The van der Waals surface area contributed by atoms with Crippen LogP contribution in [0.3, 0.4) is 0 Å². The number of aryl methyl sites for hydroxylation is 1. The molecule has 2 aromatic heterocycles. The van der Waals surface area contributed by atoms with Crippen LogP contribution < -0.4 is 5.56 Å². The monoisotopic (exact) mass is 387 g/mol. The van der Waals surface area contributed by atoms with Crippen LogP contribution in [0.25, 0.3) is 10.9 Å². The van der Waals surface area contributed by atoms with Gasteiger partial charge in [-0.15, -0.1) is 0 Å². The number of hydrogen-bond acceptors (Lipinski definition) is 7. The lowest BCUT2D eigenvalue weighted by Crippen LogP contribution is -2.25. The number of carbonyl (C=O) groups excluding carboxylic acids is 1. The molecule has 3 aromatic rings. The number of thioether (sulfide) groups is 1. The van der Waals surface area contributed by atoms with Crippen molar-refractivity contribution in [2.45, 2.75) is 38.2 Å². The van der Waals surface area contributed by atoms with Gasteiger partial charge in [0.2, 0.25) is 0 Å². The molecule has 0 aliphatic carbocycles. The Hall–Kier alpha value is -2.61. The van der Waals surface area contributed by atoms with Crippen LogP contribution in [0.5, 0.6) is 0 Å². The minimum absolute atomic E-state index is 0.124. The summed E-state index contributed by atoms with van der Waals surface area (Å²) in [7, 11) is 1.32.